The van der Waals surface area contributed by atoms with E-state index in [1.165, 1.54) is 23.5 Å². The van der Waals surface area contributed by atoms with Gasteiger partial charge in [-0.3, -0.25) is 4.31 Å². The van der Waals surface area contributed by atoms with Crippen LogP contribution in [0.5, 0.6) is 5.75 Å². The summed E-state index contributed by atoms with van der Waals surface area (Å²) in [6.07, 6.45) is 0. The number of sulfonamides is 1. The lowest BCUT2D eigenvalue weighted by Crippen LogP contribution is -2.34. The van der Waals surface area contributed by atoms with Crippen molar-refractivity contribution in [3.63, 3.8) is 0 Å². The van der Waals surface area contributed by atoms with E-state index >= 15 is 0 Å². The second-order valence-electron chi connectivity index (χ2n) is 5.18. The molecule has 1 heterocycles. The molecule has 1 aliphatic heterocycles. The van der Waals surface area contributed by atoms with E-state index in [9.17, 15) is 12.8 Å². The Morgan fingerprint density at radius 2 is 2.00 bits per heavy atom. The van der Waals surface area contributed by atoms with Gasteiger partial charge < -0.3 is 10.1 Å². The third-order valence-electron chi connectivity index (χ3n) is 3.78. The second-order valence-corrected chi connectivity index (χ2v) is 7.04. The van der Waals surface area contributed by atoms with Gasteiger partial charge in [0.2, 0.25) is 0 Å². The normalized spacial score (nSPS) is 15.0. The van der Waals surface area contributed by atoms with E-state index in [1.807, 2.05) is 12.1 Å². The van der Waals surface area contributed by atoms with Crippen LogP contribution in [0.3, 0.4) is 0 Å². The summed E-state index contributed by atoms with van der Waals surface area (Å²) in [6, 6.07) is 11.0. The first-order valence-electron chi connectivity index (χ1n) is 7.19. The lowest BCUT2D eigenvalue weighted by Gasteiger charge is -2.24. The summed E-state index contributed by atoms with van der Waals surface area (Å²) in [6.45, 7) is 1.40. The van der Waals surface area contributed by atoms with Crippen LogP contribution in [0.25, 0.3) is 0 Å². The van der Waals surface area contributed by atoms with Crippen molar-refractivity contribution < 1.29 is 17.5 Å². The zero-order valence-electron chi connectivity index (χ0n) is 12.6. The van der Waals surface area contributed by atoms with E-state index in [0.717, 1.165) is 11.6 Å². The molecule has 2 aromatic rings. The third-order valence-corrected chi connectivity index (χ3v) is 5.59. The highest BCUT2D eigenvalue weighted by atomic mass is 32.2. The molecule has 0 radical (unpaired) electrons. The lowest BCUT2D eigenvalue weighted by molar-refractivity contribution is 0.385. The van der Waals surface area contributed by atoms with Gasteiger partial charge in [0.15, 0.2) is 11.6 Å². The van der Waals surface area contributed by atoms with E-state index in [0.29, 0.717) is 18.8 Å². The second kappa shape index (κ2) is 6.17. The van der Waals surface area contributed by atoms with Gasteiger partial charge in [-0.25, -0.2) is 12.8 Å². The van der Waals surface area contributed by atoms with Gasteiger partial charge in [0.05, 0.1) is 17.7 Å². The molecule has 2 aromatic carbocycles. The molecule has 0 aromatic heterocycles. The van der Waals surface area contributed by atoms with Gasteiger partial charge in [-0.1, -0.05) is 18.2 Å². The maximum atomic E-state index is 13.9. The lowest BCUT2D eigenvalue weighted by atomic mass is 10.2. The Morgan fingerprint density at radius 3 is 2.74 bits per heavy atom. The van der Waals surface area contributed by atoms with Crippen LogP contribution in [0.1, 0.15) is 5.56 Å². The van der Waals surface area contributed by atoms with Gasteiger partial charge in [-0.15, -0.1) is 0 Å². The van der Waals surface area contributed by atoms with E-state index in [2.05, 4.69) is 5.32 Å². The number of benzene rings is 2. The Balaban J connectivity index is 2.07. The number of para-hydroxylation sites is 1. The summed E-state index contributed by atoms with van der Waals surface area (Å²) in [7, 11) is -2.51. The number of ether oxygens (including phenoxy) is 1. The molecule has 0 atom stereocenters. The molecule has 3 rings (SSSR count). The maximum Gasteiger partial charge on any atom is 0.264 e. The SMILES string of the molecule is COc1ccc(S(=O)(=O)N2CCNCc3ccccc32)cc1F. The van der Waals surface area contributed by atoms with Gasteiger partial charge >= 0.3 is 0 Å². The minimum Gasteiger partial charge on any atom is -0.494 e. The van der Waals surface area contributed by atoms with Crippen molar-refractivity contribution in [2.75, 3.05) is 24.5 Å². The molecular formula is C16H17FN2O3S. The number of rotatable bonds is 3. The fourth-order valence-electron chi connectivity index (χ4n) is 2.61. The van der Waals surface area contributed by atoms with Gasteiger partial charge in [0.1, 0.15) is 0 Å². The fraction of sp³-hybridized carbons (Fsp3) is 0.250. The molecule has 0 saturated carbocycles. The molecule has 0 spiro atoms. The molecule has 7 heteroatoms. The van der Waals surface area contributed by atoms with E-state index in [1.54, 1.807) is 12.1 Å². The van der Waals surface area contributed by atoms with Crippen LogP contribution in [0.2, 0.25) is 0 Å². The number of anilines is 1. The van der Waals surface area contributed by atoms with Crippen LogP contribution in [-0.4, -0.2) is 28.6 Å². The van der Waals surface area contributed by atoms with Crippen molar-refractivity contribution in [1.82, 2.24) is 5.32 Å². The summed E-state index contributed by atoms with van der Waals surface area (Å²) in [5, 5.41) is 3.19. The first-order valence-corrected chi connectivity index (χ1v) is 8.63. The molecule has 0 amide bonds. The van der Waals surface area contributed by atoms with Crippen molar-refractivity contribution in [2.45, 2.75) is 11.4 Å². The molecule has 1 aliphatic rings. The van der Waals surface area contributed by atoms with Gasteiger partial charge in [0.25, 0.3) is 10.0 Å². The van der Waals surface area contributed by atoms with Crippen LogP contribution < -0.4 is 14.4 Å². The Morgan fingerprint density at radius 1 is 1.22 bits per heavy atom. The predicted molar refractivity (Wildman–Crippen MR) is 85.6 cm³/mol. The number of nitrogens with zero attached hydrogens (tertiary/aromatic N) is 1. The molecular weight excluding hydrogens is 319 g/mol. The van der Waals surface area contributed by atoms with Crippen molar-refractivity contribution >= 4 is 15.7 Å². The number of hydrogen-bond donors (Lipinski definition) is 1. The number of halogens is 1. The van der Waals surface area contributed by atoms with Gasteiger partial charge in [-0.05, 0) is 29.8 Å². The number of hydrogen-bond acceptors (Lipinski definition) is 4. The largest absolute Gasteiger partial charge is 0.494 e. The molecule has 23 heavy (non-hydrogen) atoms. The molecule has 5 nitrogen and oxygen atoms in total. The molecule has 0 bridgehead atoms. The van der Waals surface area contributed by atoms with E-state index in [4.69, 9.17) is 4.74 Å². The zero-order chi connectivity index (χ0) is 16.4. The van der Waals surface area contributed by atoms with Gasteiger partial charge in [-0.2, -0.15) is 0 Å². The monoisotopic (exact) mass is 336 g/mol. The zero-order valence-corrected chi connectivity index (χ0v) is 13.4. The van der Waals surface area contributed by atoms with Crippen molar-refractivity contribution in [2.24, 2.45) is 0 Å². The Kier molecular flexibility index (Phi) is 4.23. The Bertz CT molecular complexity index is 824. The summed E-state index contributed by atoms with van der Waals surface area (Å²) in [4.78, 5) is -0.0903. The van der Waals surface area contributed by atoms with Crippen molar-refractivity contribution in [3.8, 4) is 5.75 Å². The number of fused-ring (bicyclic) bond motifs is 1. The first kappa shape index (κ1) is 15.8. The molecule has 0 fully saturated rings. The van der Waals surface area contributed by atoms with Crippen LogP contribution in [-0.2, 0) is 16.6 Å². The van der Waals surface area contributed by atoms with Crippen LogP contribution in [0.15, 0.2) is 47.4 Å². The molecule has 122 valence electrons. The minimum absolute atomic E-state index is 0.0156. The van der Waals surface area contributed by atoms with Crippen molar-refractivity contribution in [3.05, 3.63) is 53.8 Å². The summed E-state index contributed by atoms with van der Waals surface area (Å²) >= 11 is 0. The number of methoxy groups -OCH3 is 1. The van der Waals surface area contributed by atoms with Crippen LogP contribution >= 0.6 is 0 Å². The predicted octanol–water partition coefficient (Wildman–Crippen LogP) is 2.13. The Labute approximate surface area is 134 Å². The first-order chi connectivity index (χ1) is 11.0. The van der Waals surface area contributed by atoms with Crippen molar-refractivity contribution in [1.29, 1.82) is 0 Å². The summed E-state index contributed by atoms with van der Waals surface area (Å²) < 4.78 is 46.0. The highest BCUT2D eigenvalue weighted by Gasteiger charge is 2.28. The molecule has 0 unspecified atom stereocenters. The minimum atomic E-state index is -3.85. The van der Waals surface area contributed by atoms with E-state index in [-0.39, 0.29) is 17.2 Å². The molecule has 1 N–H and O–H groups in total. The summed E-state index contributed by atoms with van der Waals surface area (Å²) in [5.41, 5.74) is 1.51. The van der Waals surface area contributed by atoms with Crippen LogP contribution in [0.4, 0.5) is 10.1 Å². The highest BCUT2D eigenvalue weighted by molar-refractivity contribution is 7.92. The van der Waals surface area contributed by atoms with Gasteiger partial charge in [0, 0.05) is 19.6 Å². The maximum absolute atomic E-state index is 13.9. The number of nitrogens with one attached hydrogen (secondary N) is 1. The molecule has 0 saturated heterocycles. The highest BCUT2D eigenvalue weighted by Crippen LogP contribution is 2.29. The fourth-order valence-corrected chi connectivity index (χ4v) is 4.13. The van der Waals surface area contributed by atoms with E-state index < -0.39 is 15.8 Å². The van der Waals surface area contributed by atoms with Crippen LogP contribution in [0, 0.1) is 5.82 Å². The third kappa shape index (κ3) is 2.89. The quantitative estimate of drug-likeness (QED) is 0.933. The average molecular weight is 336 g/mol. The standard InChI is InChI=1S/C16H17FN2O3S/c1-22-16-7-6-13(10-14(16)17)23(20,21)19-9-8-18-11-12-4-2-3-5-15(12)19/h2-7,10,18H,8-9,11H2,1H3. The Hall–Kier alpha value is -2.12. The molecule has 0 aliphatic carbocycles. The smallest absolute Gasteiger partial charge is 0.264 e. The summed E-state index contributed by atoms with van der Waals surface area (Å²) in [5.74, 6) is -0.684. The average Bonchev–Trinajstić information content (AvgIpc) is 2.77. The topological polar surface area (TPSA) is 58.6 Å².